The van der Waals surface area contributed by atoms with E-state index in [2.05, 4.69) is 12.2 Å². The number of aryl methyl sites for hydroxylation is 2. The van der Waals surface area contributed by atoms with Crippen molar-refractivity contribution in [1.29, 1.82) is 0 Å². The lowest BCUT2D eigenvalue weighted by molar-refractivity contribution is -0.127. The number of amides is 1. The molecule has 1 aliphatic heterocycles. The van der Waals surface area contributed by atoms with Crippen LogP contribution in [0.1, 0.15) is 18.1 Å². The maximum Gasteiger partial charge on any atom is 0.264 e. The smallest absolute Gasteiger partial charge is 0.264 e. The lowest BCUT2D eigenvalue weighted by Crippen LogP contribution is -2.51. The van der Waals surface area contributed by atoms with Crippen LogP contribution in [0.3, 0.4) is 0 Å². The first kappa shape index (κ1) is 23.6. The summed E-state index contributed by atoms with van der Waals surface area (Å²) in [7, 11) is -3.88. The number of fused-ring (bicyclic) bond motifs is 1. The number of nitrogens with zero attached hydrogens (tertiary/aromatic N) is 1. The molecule has 0 radical (unpaired) electrons. The Morgan fingerprint density at radius 2 is 1.76 bits per heavy atom. The van der Waals surface area contributed by atoms with Gasteiger partial charge in [-0.2, -0.15) is 0 Å². The molecule has 178 valence electrons. The van der Waals surface area contributed by atoms with Crippen LogP contribution in [-0.2, 0) is 21.2 Å². The Balaban J connectivity index is 1.43. The first-order valence-electron chi connectivity index (χ1n) is 11.2. The molecule has 8 heteroatoms. The van der Waals surface area contributed by atoms with Gasteiger partial charge in [0.1, 0.15) is 18.1 Å². The second-order valence-electron chi connectivity index (χ2n) is 8.06. The summed E-state index contributed by atoms with van der Waals surface area (Å²) in [6.45, 7) is 4.40. The van der Waals surface area contributed by atoms with Gasteiger partial charge in [-0.1, -0.05) is 48.9 Å². The summed E-state index contributed by atoms with van der Waals surface area (Å²) in [6.07, 6.45) is -0.0312. The normalized spacial score (nSPS) is 15.2. The number of hydrogen-bond acceptors (Lipinski definition) is 5. The Bertz CT molecular complexity index is 1240. The summed E-state index contributed by atoms with van der Waals surface area (Å²) >= 11 is 0. The van der Waals surface area contributed by atoms with Crippen LogP contribution in [0.4, 0.5) is 5.69 Å². The maximum absolute atomic E-state index is 13.4. The van der Waals surface area contributed by atoms with Crippen LogP contribution in [0.5, 0.6) is 11.5 Å². The van der Waals surface area contributed by atoms with E-state index in [9.17, 15) is 13.2 Å². The van der Waals surface area contributed by atoms with Crippen molar-refractivity contribution in [3.05, 3.63) is 83.9 Å². The molecule has 0 saturated heterocycles. The van der Waals surface area contributed by atoms with E-state index in [1.807, 2.05) is 31.2 Å². The molecule has 3 aromatic carbocycles. The standard InChI is InChI=1S/C26H28N2O5S/c1-3-20-10-12-21(13-11-20)32-17-16-27-26(29)25-18-28(23-6-4-5-7-24(23)33-25)34(30,31)22-14-8-19(2)9-15-22/h4-15,25H,3,16-18H2,1-2H3,(H,27,29)/t25-/m0/s1. The largest absolute Gasteiger partial charge is 0.492 e. The van der Waals surface area contributed by atoms with Gasteiger partial charge in [0.25, 0.3) is 15.9 Å². The molecule has 0 aliphatic carbocycles. The Morgan fingerprint density at radius 1 is 1.06 bits per heavy atom. The van der Waals surface area contributed by atoms with Gasteiger partial charge in [0.2, 0.25) is 0 Å². The zero-order chi connectivity index (χ0) is 24.1. The summed E-state index contributed by atoms with van der Waals surface area (Å²) < 4.78 is 39.6. The highest BCUT2D eigenvalue weighted by Crippen LogP contribution is 2.36. The van der Waals surface area contributed by atoms with Crippen LogP contribution in [0.25, 0.3) is 0 Å². The number of hydrogen-bond donors (Lipinski definition) is 1. The van der Waals surface area contributed by atoms with Crippen LogP contribution in [-0.4, -0.2) is 40.1 Å². The van der Waals surface area contributed by atoms with Crippen molar-refractivity contribution in [2.24, 2.45) is 0 Å². The van der Waals surface area contributed by atoms with Crippen LogP contribution in [0.2, 0.25) is 0 Å². The van der Waals surface area contributed by atoms with Crippen molar-refractivity contribution in [3.8, 4) is 11.5 Å². The third-order valence-electron chi connectivity index (χ3n) is 5.64. The van der Waals surface area contributed by atoms with E-state index in [0.29, 0.717) is 11.4 Å². The fourth-order valence-corrected chi connectivity index (χ4v) is 5.16. The minimum Gasteiger partial charge on any atom is -0.492 e. The number of carbonyl (C=O) groups is 1. The van der Waals surface area contributed by atoms with Crippen molar-refractivity contribution >= 4 is 21.6 Å². The van der Waals surface area contributed by atoms with E-state index in [1.54, 1.807) is 48.5 Å². The monoisotopic (exact) mass is 480 g/mol. The van der Waals surface area contributed by atoms with Gasteiger partial charge in [0.05, 0.1) is 23.7 Å². The SMILES string of the molecule is CCc1ccc(OCCNC(=O)[C@@H]2CN(S(=O)(=O)c3ccc(C)cc3)c3ccccc3O2)cc1. The quantitative estimate of drug-likeness (QED) is 0.497. The summed E-state index contributed by atoms with van der Waals surface area (Å²) in [4.78, 5) is 13.0. The molecule has 0 saturated carbocycles. The van der Waals surface area contributed by atoms with E-state index in [0.717, 1.165) is 17.7 Å². The number of nitrogens with one attached hydrogen (secondary N) is 1. The molecule has 4 rings (SSSR count). The Labute approximate surface area is 200 Å². The van der Waals surface area contributed by atoms with Crippen LogP contribution < -0.4 is 19.1 Å². The predicted octanol–water partition coefficient (Wildman–Crippen LogP) is 3.71. The summed E-state index contributed by atoms with van der Waals surface area (Å²) in [5.74, 6) is 0.671. The molecule has 0 bridgehead atoms. The van der Waals surface area contributed by atoms with Gasteiger partial charge in [0, 0.05) is 0 Å². The zero-order valence-electron chi connectivity index (χ0n) is 19.2. The molecule has 1 aliphatic rings. The van der Waals surface area contributed by atoms with E-state index >= 15 is 0 Å². The Hall–Kier alpha value is -3.52. The highest BCUT2D eigenvalue weighted by molar-refractivity contribution is 7.92. The second-order valence-corrected chi connectivity index (χ2v) is 9.92. The Kier molecular flexibility index (Phi) is 7.07. The van der Waals surface area contributed by atoms with Gasteiger partial charge >= 0.3 is 0 Å². The predicted molar refractivity (Wildman–Crippen MR) is 131 cm³/mol. The Morgan fingerprint density at radius 3 is 2.47 bits per heavy atom. The number of ether oxygens (including phenoxy) is 2. The highest BCUT2D eigenvalue weighted by atomic mass is 32.2. The average Bonchev–Trinajstić information content (AvgIpc) is 2.86. The van der Waals surface area contributed by atoms with E-state index in [4.69, 9.17) is 9.47 Å². The highest BCUT2D eigenvalue weighted by Gasteiger charge is 2.37. The fourth-order valence-electron chi connectivity index (χ4n) is 3.68. The molecule has 1 atom stereocenters. The first-order valence-corrected chi connectivity index (χ1v) is 12.7. The van der Waals surface area contributed by atoms with Crippen LogP contribution in [0.15, 0.2) is 77.7 Å². The van der Waals surface area contributed by atoms with Crippen molar-refractivity contribution in [3.63, 3.8) is 0 Å². The van der Waals surface area contributed by atoms with Gasteiger partial charge < -0.3 is 14.8 Å². The third-order valence-corrected chi connectivity index (χ3v) is 7.43. The van der Waals surface area contributed by atoms with Crippen molar-refractivity contribution in [2.75, 3.05) is 24.0 Å². The molecule has 3 aromatic rings. The van der Waals surface area contributed by atoms with Gasteiger partial charge in [-0.3, -0.25) is 9.10 Å². The molecule has 34 heavy (non-hydrogen) atoms. The molecule has 0 spiro atoms. The van der Waals surface area contributed by atoms with Gasteiger partial charge in [-0.05, 0) is 55.3 Å². The lowest BCUT2D eigenvalue weighted by Gasteiger charge is -2.34. The number of anilines is 1. The molecule has 7 nitrogen and oxygen atoms in total. The summed E-state index contributed by atoms with van der Waals surface area (Å²) in [5.41, 5.74) is 2.59. The van der Waals surface area contributed by atoms with Crippen molar-refractivity contribution in [2.45, 2.75) is 31.3 Å². The maximum atomic E-state index is 13.4. The first-order chi connectivity index (χ1) is 16.4. The molecule has 1 amide bonds. The van der Waals surface area contributed by atoms with Crippen LogP contribution >= 0.6 is 0 Å². The van der Waals surface area contributed by atoms with E-state index < -0.39 is 22.0 Å². The molecular weight excluding hydrogens is 452 g/mol. The molecule has 1 N–H and O–H groups in total. The van der Waals surface area contributed by atoms with E-state index in [-0.39, 0.29) is 24.6 Å². The van der Waals surface area contributed by atoms with Gasteiger partial charge in [-0.25, -0.2) is 8.42 Å². The number of carbonyl (C=O) groups excluding carboxylic acids is 1. The number of para-hydroxylation sites is 2. The summed E-state index contributed by atoms with van der Waals surface area (Å²) in [6, 6.07) is 21.3. The molecule has 1 heterocycles. The minimum absolute atomic E-state index is 0.127. The van der Waals surface area contributed by atoms with Gasteiger partial charge in [-0.15, -0.1) is 0 Å². The minimum atomic E-state index is -3.88. The topological polar surface area (TPSA) is 84.9 Å². The van der Waals surface area contributed by atoms with Crippen molar-refractivity contribution in [1.82, 2.24) is 5.32 Å². The molecular formula is C26H28N2O5S. The van der Waals surface area contributed by atoms with E-state index in [1.165, 1.54) is 9.87 Å². The molecule has 0 fully saturated rings. The van der Waals surface area contributed by atoms with Gasteiger partial charge in [0.15, 0.2) is 6.10 Å². The number of sulfonamides is 1. The number of rotatable bonds is 8. The van der Waals surface area contributed by atoms with Crippen LogP contribution in [0, 0.1) is 6.92 Å². The average molecular weight is 481 g/mol. The fraction of sp³-hybridized carbons (Fsp3) is 0.269. The summed E-state index contributed by atoms with van der Waals surface area (Å²) in [5, 5.41) is 2.78. The zero-order valence-corrected chi connectivity index (χ0v) is 20.0. The van der Waals surface area contributed by atoms with Crippen molar-refractivity contribution < 1.29 is 22.7 Å². The number of benzene rings is 3. The lowest BCUT2D eigenvalue weighted by atomic mass is 10.2. The third kappa shape index (κ3) is 5.17. The second kappa shape index (κ2) is 10.2. The molecule has 0 aromatic heterocycles. The molecule has 0 unspecified atom stereocenters.